The fraction of sp³-hybridized carbons (Fsp3) is 0.200. The Morgan fingerprint density at radius 3 is 2.61 bits per heavy atom. The molecule has 7 nitrogen and oxygen atoms in total. The first-order valence-corrected chi connectivity index (χ1v) is 9.17. The molecular formula is C20H19ClN6O. The van der Waals surface area contributed by atoms with Crippen LogP contribution < -0.4 is 5.32 Å². The van der Waals surface area contributed by atoms with E-state index in [0.29, 0.717) is 39.5 Å². The molecule has 1 N–H and O–H groups in total. The molecule has 0 saturated carbocycles. The van der Waals surface area contributed by atoms with Gasteiger partial charge in [0.05, 0.1) is 21.7 Å². The molecule has 142 valence electrons. The van der Waals surface area contributed by atoms with Crippen molar-refractivity contribution in [2.45, 2.75) is 20.4 Å². The Labute approximate surface area is 167 Å². The molecule has 0 bridgehead atoms. The summed E-state index contributed by atoms with van der Waals surface area (Å²) in [7, 11) is 1.93. The lowest BCUT2D eigenvalue weighted by molar-refractivity contribution is 0.102. The van der Waals surface area contributed by atoms with Gasteiger partial charge in [-0.25, -0.2) is 14.6 Å². The fourth-order valence-corrected chi connectivity index (χ4v) is 3.42. The van der Waals surface area contributed by atoms with E-state index in [2.05, 4.69) is 20.4 Å². The van der Waals surface area contributed by atoms with E-state index in [1.165, 1.54) is 6.20 Å². The van der Waals surface area contributed by atoms with Crippen molar-refractivity contribution in [3.63, 3.8) is 0 Å². The van der Waals surface area contributed by atoms with Crippen LogP contribution >= 0.6 is 11.6 Å². The molecule has 1 amide bonds. The highest BCUT2D eigenvalue weighted by atomic mass is 35.5. The third-order valence-electron chi connectivity index (χ3n) is 4.64. The number of nitrogens with one attached hydrogen (secondary N) is 1. The third kappa shape index (κ3) is 3.25. The van der Waals surface area contributed by atoms with E-state index in [4.69, 9.17) is 11.6 Å². The number of nitrogens with zero attached hydrogens (tertiary/aromatic N) is 5. The third-order valence-corrected chi connectivity index (χ3v) is 5.03. The van der Waals surface area contributed by atoms with Gasteiger partial charge in [-0.05, 0) is 26.0 Å². The van der Waals surface area contributed by atoms with Gasteiger partial charge in [-0.3, -0.25) is 4.79 Å². The van der Waals surface area contributed by atoms with Crippen molar-refractivity contribution >= 4 is 34.2 Å². The maximum atomic E-state index is 12.7. The molecular weight excluding hydrogens is 376 g/mol. The smallest absolute Gasteiger partial charge is 0.258 e. The van der Waals surface area contributed by atoms with E-state index < -0.39 is 0 Å². The Hall–Kier alpha value is -3.19. The molecule has 1 aromatic carbocycles. The van der Waals surface area contributed by atoms with Crippen molar-refractivity contribution in [3.05, 3.63) is 70.5 Å². The molecule has 0 spiro atoms. The molecule has 0 saturated heterocycles. The lowest BCUT2D eigenvalue weighted by Gasteiger charge is -2.08. The molecule has 0 fully saturated rings. The number of carbonyl (C=O) groups is 1. The van der Waals surface area contributed by atoms with Crippen LogP contribution in [0, 0.1) is 13.8 Å². The lowest BCUT2D eigenvalue weighted by Crippen LogP contribution is -2.13. The first-order chi connectivity index (χ1) is 13.4. The quantitative estimate of drug-likeness (QED) is 0.572. The highest BCUT2D eigenvalue weighted by Gasteiger charge is 2.20. The average molecular weight is 395 g/mol. The first-order valence-electron chi connectivity index (χ1n) is 8.80. The van der Waals surface area contributed by atoms with Crippen LogP contribution in [0.15, 0.2) is 42.9 Å². The number of aromatic nitrogens is 5. The number of carbonyl (C=O) groups excluding carboxylic acids is 1. The van der Waals surface area contributed by atoms with Gasteiger partial charge < -0.3 is 9.88 Å². The van der Waals surface area contributed by atoms with Crippen molar-refractivity contribution in [1.82, 2.24) is 24.3 Å². The molecule has 0 radical (unpaired) electrons. The summed E-state index contributed by atoms with van der Waals surface area (Å²) in [5.41, 5.74) is 3.47. The van der Waals surface area contributed by atoms with Crippen LogP contribution in [0.2, 0.25) is 5.02 Å². The van der Waals surface area contributed by atoms with Crippen LogP contribution in [0.4, 0.5) is 5.69 Å². The van der Waals surface area contributed by atoms with Gasteiger partial charge in [0.2, 0.25) is 0 Å². The number of benzene rings is 1. The number of amides is 1. The minimum atomic E-state index is -0.306. The summed E-state index contributed by atoms with van der Waals surface area (Å²) in [6, 6.07) is 7.57. The normalized spacial score (nSPS) is 11.1. The molecule has 4 rings (SSSR count). The van der Waals surface area contributed by atoms with Gasteiger partial charge in [0, 0.05) is 31.3 Å². The summed E-state index contributed by atoms with van der Waals surface area (Å²) in [6.45, 7) is 4.31. The zero-order chi connectivity index (χ0) is 19.8. The number of imidazole rings is 1. The molecule has 0 atom stereocenters. The van der Waals surface area contributed by atoms with Crippen LogP contribution in [-0.4, -0.2) is 30.2 Å². The number of pyridine rings is 1. The molecule has 0 unspecified atom stereocenters. The molecule has 0 aliphatic heterocycles. The SMILES string of the molecule is Cc1ccc(NC(=O)c2cnc3c(c(C)nn3Cc3nccn3C)c2Cl)cc1. The van der Waals surface area contributed by atoms with Gasteiger partial charge in [-0.2, -0.15) is 5.10 Å². The van der Waals surface area contributed by atoms with Gasteiger partial charge in [-0.1, -0.05) is 29.3 Å². The van der Waals surface area contributed by atoms with Gasteiger partial charge in [-0.15, -0.1) is 0 Å². The van der Waals surface area contributed by atoms with Crippen LogP contribution in [0.3, 0.4) is 0 Å². The van der Waals surface area contributed by atoms with Crippen molar-refractivity contribution in [2.24, 2.45) is 7.05 Å². The van der Waals surface area contributed by atoms with Gasteiger partial charge in [0.15, 0.2) is 5.65 Å². The highest BCUT2D eigenvalue weighted by Crippen LogP contribution is 2.29. The molecule has 3 aromatic heterocycles. The number of fused-ring (bicyclic) bond motifs is 1. The van der Waals surface area contributed by atoms with E-state index >= 15 is 0 Å². The van der Waals surface area contributed by atoms with Crippen LogP contribution in [0.1, 0.15) is 27.4 Å². The van der Waals surface area contributed by atoms with Crippen LogP contribution in [0.25, 0.3) is 11.0 Å². The van der Waals surface area contributed by atoms with Crippen molar-refractivity contribution < 1.29 is 4.79 Å². The van der Waals surface area contributed by atoms with Crippen molar-refractivity contribution in [1.29, 1.82) is 0 Å². The van der Waals surface area contributed by atoms with Crippen molar-refractivity contribution in [3.8, 4) is 0 Å². The monoisotopic (exact) mass is 394 g/mol. The van der Waals surface area contributed by atoms with E-state index in [1.54, 1.807) is 10.9 Å². The topological polar surface area (TPSA) is 77.6 Å². The first kappa shape index (κ1) is 18.2. The van der Waals surface area contributed by atoms with Crippen molar-refractivity contribution in [2.75, 3.05) is 5.32 Å². The lowest BCUT2D eigenvalue weighted by atomic mass is 10.2. The second kappa shape index (κ2) is 7.09. The van der Waals surface area contributed by atoms with Crippen LogP contribution in [-0.2, 0) is 13.6 Å². The standard InChI is InChI=1S/C20H19ClN6O/c1-12-4-6-14(7-5-12)24-20(28)15-10-23-19-17(18(15)21)13(2)25-27(19)11-16-22-8-9-26(16)3/h4-10H,11H2,1-3H3,(H,24,28). The van der Waals surface area contributed by atoms with E-state index in [9.17, 15) is 4.79 Å². The minimum absolute atomic E-state index is 0.306. The van der Waals surface area contributed by atoms with Gasteiger partial charge in [0.1, 0.15) is 12.4 Å². The molecule has 4 aromatic rings. The van der Waals surface area contributed by atoms with Gasteiger partial charge in [0.25, 0.3) is 5.91 Å². The van der Waals surface area contributed by atoms with Gasteiger partial charge >= 0.3 is 0 Å². The molecule has 3 heterocycles. The zero-order valence-corrected chi connectivity index (χ0v) is 16.5. The predicted molar refractivity (Wildman–Crippen MR) is 109 cm³/mol. The number of anilines is 1. The zero-order valence-electron chi connectivity index (χ0n) is 15.8. The summed E-state index contributed by atoms with van der Waals surface area (Å²) in [5.74, 6) is 0.544. The second-order valence-electron chi connectivity index (χ2n) is 6.70. The second-order valence-corrected chi connectivity index (χ2v) is 7.08. The van der Waals surface area contributed by atoms with E-state index in [1.807, 2.05) is 55.9 Å². The largest absolute Gasteiger partial charge is 0.336 e. The number of hydrogen-bond donors (Lipinski definition) is 1. The number of aryl methyl sites for hydroxylation is 3. The number of rotatable bonds is 4. The number of hydrogen-bond acceptors (Lipinski definition) is 4. The summed E-state index contributed by atoms with van der Waals surface area (Å²) in [5, 5.41) is 8.42. The summed E-state index contributed by atoms with van der Waals surface area (Å²) < 4.78 is 3.67. The maximum Gasteiger partial charge on any atom is 0.258 e. The van der Waals surface area contributed by atoms with E-state index in [-0.39, 0.29) is 5.91 Å². The predicted octanol–water partition coefficient (Wildman–Crippen LogP) is 3.74. The average Bonchev–Trinajstić information content (AvgIpc) is 3.21. The minimum Gasteiger partial charge on any atom is -0.336 e. The number of halogens is 1. The Kier molecular flexibility index (Phi) is 4.60. The maximum absolute atomic E-state index is 12.7. The Morgan fingerprint density at radius 1 is 1.18 bits per heavy atom. The van der Waals surface area contributed by atoms with Crippen LogP contribution in [0.5, 0.6) is 0 Å². The van der Waals surface area contributed by atoms with E-state index in [0.717, 1.165) is 11.4 Å². The summed E-state index contributed by atoms with van der Waals surface area (Å²) in [6.07, 6.45) is 5.11. The highest BCUT2D eigenvalue weighted by molar-refractivity contribution is 6.39. The Balaban J connectivity index is 1.69. The molecule has 28 heavy (non-hydrogen) atoms. The summed E-state index contributed by atoms with van der Waals surface area (Å²) in [4.78, 5) is 21.5. The Bertz CT molecular complexity index is 1180. The fourth-order valence-electron chi connectivity index (χ4n) is 3.06. The summed E-state index contributed by atoms with van der Waals surface area (Å²) >= 11 is 6.58. The molecule has 0 aliphatic carbocycles. The molecule has 0 aliphatic rings. The Morgan fingerprint density at radius 2 is 1.93 bits per heavy atom. The molecule has 8 heteroatoms.